The summed E-state index contributed by atoms with van der Waals surface area (Å²) in [6, 6.07) is 5.30. The van der Waals surface area contributed by atoms with Crippen molar-refractivity contribution in [2.45, 2.75) is 89.9 Å². The second-order valence-corrected chi connectivity index (χ2v) is 8.24. The van der Waals surface area contributed by atoms with Crippen LogP contribution in [0.25, 0.3) is 0 Å². The Bertz CT molecular complexity index is 570. The maximum atomic E-state index is 12.2. The van der Waals surface area contributed by atoms with Crippen LogP contribution in [-0.4, -0.2) is 44.6 Å². The molecule has 0 heterocycles. The molecule has 1 radical (unpaired) electrons. The monoisotopic (exact) mass is 377 g/mol. The normalized spacial score (nSPS) is 11.3. The van der Waals surface area contributed by atoms with Crippen LogP contribution in [0.15, 0.2) is 23.1 Å². The molecule has 0 N–H and O–H groups in total. The SMILES string of the molecule is CCCCCCCCCCCCOS(=O)(=O)c1cccc(C)c1C.[Na]. The molecular weight excluding hydrogens is 343 g/mol. The number of aryl methyl sites for hydroxylation is 1. The van der Waals surface area contributed by atoms with E-state index in [0.29, 0.717) is 4.90 Å². The molecule has 0 aliphatic heterocycles. The smallest absolute Gasteiger partial charge is 0.266 e. The van der Waals surface area contributed by atoms with Gasteiger partial charge in [-0.2, -0.15) is 8.42 Å². The zero-order chi connectivity index (χ0) is 17.8. The fourth-order valence-corrected chi connectivity index (χ4v) is 4.06. The van der Waals surface area contributed by atoms with Gasteiger partial charge in [0.05, 0.1) is 11.5 Å². The maximum absolute atomic E-state index is 12.2. The third-order valence-electron chi connectivity index (χ3n) is 4.56. The van der Waals surface area contributed by atoms with E-state index < -0.39 is 10.1 Å². The van der Waals surface area contributed by atoms with E-state index in [-0.39, 0.29) is 36.2 Å². The molecule has 0 spiro atoms. The van der Waals surface area contributed by atoms with Gasteiger partial charge in [-0.05, 0) is 37.5 Å². The topological polar surface area (TPSA) is 43.4 Å². The van der Waals surface area contributed by atoms with Crippen LogP contribution in [-0.2, 0) is 14.3 Å². The number of unbranched alkanes of at least 4 members (excludes halogenated alkanes) is 9. The Labute approximate surface area is 177 Å². The van der Waals surface area contributed by atoms with Crippen LogP contribution in [0.1, 0.15) is 82.3 Å². The Balaban J connectivity index is 0.00000576. The van der Waals surface area contributed by atoms with Crippen LogP contribution >= 0.6 is 0 Å². The summed E-state index contributed by atoms with van der Waals surface area (Å²) in [5, 5.41) is 0. The first-order valence-corrected chi connectivity index (χ1v) is 10.9. The van der Waals surface area contributed by atoms with Gasteiger partial charge in [-0.1, -0.05) is 76.8 Å². The Kier molecular flexibility index (Phi) is 14.3. The van der Waals surface area contributed by atoms with E-state index in [1.165, 1.54) is 51.4 Å². The molecule has 25 heavy (non-hydrogen) atoms. The predicted octanol–water partition coefficient (Wildman–Crippen LogP) is 5.55. The van der Waals surface area contributed by atoms with Crippen LogP contribution in [0.4, 0.5) is 0 Å². The van der Waals surface area contributed by atoms with Gasteiger partial charge in [-0.15, -0.1) is 0 Å². The molecule has 0 saturated carbocycles. The average molecular weight is 378 g/mol. The molecule has 0 bridgehead atoms. The van der Waals surface area contributed by atoms with Crippen molar-refractivity contribution in [3.05, 3.63) is 29.3 Å². The van der Waals surface area contributed by atoms with Gasteiger partial charge in [-0.25, -0.2) is 0 Å². The van der Waals surface area contributed by atoms with Gasteiger partial charge in [0.15, 0.2) is 0 Å². The molecule has 3 nitrogen and oxygen atoms in total. The van der Waals surface area contributed by atoms with Gasteiger partial charge in [0.25, 0.3) is 10.1 Å². The minimum absolute atomic E-state index is 0. The number of benzene rings is 1. The van der Waals surface area contributed by atoms with Gasteiger partial charge >= 0.3 is 0 Å². The molecule has 0 aliphatic carbocycles. The molecular formula is C20H34NaO3S. The summed E-state index contributed by atoms with van der Waals surface area (Å²) >= 11 is 0. The first-order chi connectivity index (χ1) is 11.5. The zero-order valence-electron chi connectivity index (χ0n) is 16.6. The summed E-state index contributed by atoms with van der Waals surface area (Å²) in [5.41, 5.74) is 1.75. The summed E-state index contributed by atoms with van der Waals surface area (Å²) in [6.07, 6.45) is 12.2. The molecule has 139 valence electrons. The molecule has 0 fully saturated rings. The number of hydrogen-bond acceptors (Lipinski definition) is 3. The fourth-order valence-electron chi connectivity index (χ4n) is 2.82. The van der Waals surface area contributed by atoms with E-state index in [9.17, 15) is 8.42 Å². The Morgan fingerprint density at radius 3 is 1.92 bits per heavy atom. The molecule has 0 atom stereocenters. The van der Waals surface area contributed by atoms with Crippen molar-refractivity contribution in [1.29, 1.82) is 0 Å². The molecule has 5 heteroatoms. The second-order valence-electron chi connectivity index (χ2n) is 6.66. The van der Waals surface area contributed by atoms with Gasteiger partial charge in [0.2, 0.25) is 0 Å². The van der Waals surface area contributed by atoms with Gasteiger partial charge in [0, 0.05) is 29.6 Å². The van der Waals surface area contributed by atoms with Crippen molar-refractivity contribution in [3.8, 4) is 0 Å². The van der Waals surface area contributed by atoms with E-state index in [4.69, 9.17) is 4.18 Å². The molecule has 0 saturated heterocycles. The predicted molar refractivity (Wildman–Crippen MR) is 107 cm³/mol. The van der Waals surface area contributed by atoms with Crippen molar-refractivity contribution in [2.24, 2.45) is 0 Å². The van der Waals surface area contributed by atoms with E-state index in [2.05, 4.69) is 6.92 Å². The average Bonchev–Trinajstić information content (AvgIpc) is 2.55. The molecule has 1 rings (SSSR count). The molecule has 0 aliphatic rings. The van der Waals surface area contributed by atoms with Crippen LogP contribution < -0.4 is 0 Å². The summed E-state index contributed by atoms with van der Waals surface area (Å²) in [4.78, 5) is 0.301. The minimum atomic E-state index is -3.62. The zero-order valence-corrected chi connectivity index (χ0v) is 19.5. The Morgan fingerprint density at radius 2 is 1.36 bits per heavy atom. The van der Waals surface area contributed by atoms with Crippen molar-refractivity contribution < 1.29 is 12.6 Å². The van der Waals surface area contributed by atoms with Crippen LogP contribution in [0.5, 0.6) is 0 Å². The second kappa shape index (κ2) is 14.2. The minimum Gasteiger partial charge on any atom is -0.266 e. The Morgan fingerprint density at radius 1 is 0.840 bits per heavy atom. The van der Waals surface area contributed by atoms with Crippen LogP contribution in [0.2, 0.25) is 0 Å². The van der Waals surface area contributed by atoms with E-state index >= 15 is 0 Å². The molecule has 0 amide bonds. The molecule has 1 aromatic rings. The number of rotatable bonds is 13. The third-order valence-corrected chi connectivity index (χ3v) is 6.02. The van der Waals surface area contributed by atoms with Gasteiger partial charge < -0.3 is 0 Å². The van der Waals surface area contributed by atoms with Crippen LogP contribution in [0, 0.1) is 13.8 Å². The molecule has 1 aromatic carbocycles. The summed E-state index contributed by atoms with van der Waals surface area (Å²) in [5.74, 6) is 0. The summed E-state index contributed by atoms with van der Waals surface area (Å²) in [6.45, 7) is 6.26. The van der Waals surface area contributed by atoms with E-state index in [1.54, 1.807) is 12.1 Å². The van der Waals surface area contributed by atoms with Crippen LogP contribution in [0.3, 0.4) is 0 Å². The summed E-state index contributed by atoms with van der Waals surface area (Å²) < 4.78 is 29.7. The Hall–Kier alpha value is 0.130. The number of hydrogen-bond donors (Lipinski definition) is 0. The standard InChI is InChI=1S/C20H34O3S.Na/c1-4-5-6-7-8-9-10-11-12-13-17-23-24(21,22)20-16-14-15-18(2)19(20)3;/h14-16H,4-13,17H2,1-3H3;. The largest absolute Gasteiger partial charge is 0.297 e. The fraction of sp³-hybridized carbons (Fsp3) is 0.700. The van der Waals surface area contributed by atoms with Crippen molar-refractivity contribution in [3.63, 3.8) is 0 Å². The molecule has 0 unspecified atom stereocenters. The van der Waals surface area contributed by atoms with E-state index in [1.807, 2.05) is 19.9 Å². The first-order valence-electron chi connectivity index (χ1n) is 9.44. The van der Waals surface area contributed by atoms with E-state index in [0.717, 1.165) is 24.0 Å². The molecule has 0 aromatic heterocycles. The van der Waals surface area contributed by atoms with Crippen molar-refractivity contribution >= 4 is 39.7 Å². The summed E-state index contributed by atoms with van der Waals surface area (Å²) in [7, 11) is -3.62. The van der Waals surface area contributed by atoms with Gasteiger partial charge in [0.1, 0.15) is 0 Å². The maximum Gasteiger partial charge on any atom is 0.297 e. The quantitative estimate of drug-likeness (QED) is 0.257. The first kappa shape index (κ1) is 25.1. The van der Waals surface area contributed by atoms with Crippen molar-refractivity contribution in [1.82, 2.24) is 0 Å². The van der Waals surface area contributed by atoms with Gasteiger partial charge in [-0.3, -0.25) is 4.18 Å². The van der Waals surface area contributed by atoms with Crippen molar-refractivity contribution in [2.75, 3.05) is 6.61 Å². The third kappa shape index (κ3) is 10.1.